The Hall–Kier alpha value is -1.27. The van der Waals surface area contributed by atoms with E-state index in [0.29, 0.717) is 16.9 Å². The van der Waals surface area contributed by atoms with Crippen molar-refractivity contribution in [2.45, 2.75) is 6.42 Å². The van der Waals surface area contributed by atoms with Crippen LogP contribution >= 0.6 is 15.9 Å². The Morgan fingerprint density at radius 2 is 2.33 bits per heavy atom. The largest absolute Gasteiger partial charge is 0.497 e. The highest BCUT2D eigenvalue weighted by Gasteiger charge is 2.00. The maximum absolute atomic E-state index is 10.7. The van der Waals surface area contributed by atoms with Gasteiger partial charge in [-0.25, -0.2) is 0 Å². The summed E-state index contributed by atoms with van der Waals surface area (Å²) in [6, 6.07) is 5.23. The number of ether oxygens (including phenoxy) is 1. The molecule has 0 unspecified atom stereocenters. The van der Waals surface area contributed by atoms with Gasteiger partial charge in [0.05, 0.1) is 7.11 Å². The lowest BCUT2D eigenvalue weighted by atomic mass is 10.1. The quantitative estimate of drug-likeness (QED) is 0.478. The Labute approximate surface area is 97.8 Å². The first-order chi connectivity index (χ1) is 7.31. The van der Waals surface area contributed by atoms with Crippen LogP contribution in [0.3, 0.4) is 0 Å². The van der Waals surface area contributed by atoms with E-state index in [1.807, 2.05) is 0 Å². The Morgan fingerprint density at radius 1 is 1.53 bits per heavy atom. The number of hydrogen-bond donors (Lipinski definition) is 0. The first-order valence-corrected chi connectivity index (χ1v) is 5.62. The number of alkyl halides is 1. The monoisotopic (exact) mass is 266 g/mol. The average Bonchev–Trinajstić information content (AvgIpc) is 2.29. The highest BCUT2D eigenvalue weighted by Crippen LogP contribution is 2.15. The summed E-state index contributed by atoms with van der Waals surface area (Å²) >= 11 is 3.29. The van der Waals surface area contributed by atoms with Crippen molar-refractivity contribution < 1.29 is 9.53 Å². The molecule has 0 amide bonds. The number of carbonyl (C=O) groups excluding carboxylic acids is 1. The van der Waals surface area contributed by atoms with E-state index in [1.165, 1.54) is 0 Å². The highest BCUT2D eigenvalue weighted by atomic mass is 79.9. The summed E-state index contributed by atoms with van der Waals surface area (Å²) in [6.07, 6.45) is 1.56. The predicted octanol–water partition coefficient (Wildman–Crippen LogP) is 2.64. The van der Waals surface area contributed by atoms with Crippen molar-refractivity contribution in [2.75, 3.05) is 12.4 Å². The molecule has 0 aromatic heterocycles. The van der Waals surface area contributed by atoms with Gasteiger partial charge >= 0.3 is 0 Å². The maximum Gasteiger partial charge on any atom is 0.151 e. The lowest BCUT2D eigenvalue weighted by Crippen LogP contribution is -1.90. The molecule has 0 heterocycles. The van der Waals surface area contributed by atoms with Gasteiger partial charge in [-0.15, -0.1) is 0 Å². The molecule has 0 atom stereocenters. The molecule has 0 fully saturated rings. The molecular formula is C12H11BrO2. The summed E-state index contributed by atoms with van der Waals surface area (Å²) in [7, 11) is 1.59. The van der Waals surface area contributed by atoms with E-state index in [1.54, 1.807) is 25.3 Å². The van der Waals surface area contributed by atoms with Crippen molar-refractivity contribution in [3.8, 4) is 17.6 Å². The summed E-state index contributed by atoms with van der Waals surface area (Å²) in [5, 5.41) is 0.834. The number of carbonyl (C=O) groups is 1. The zero-order valence-corrected chi connectivity index (χ0v) is 10.0. The molecule has 3 heteroatoms. The maximum atomic E-state index is 10.7. The molecule has 1 rings (SSSR count). The minimum Gasteiger partial charge on any atom is -0.497 e. The van der Waals surface area contributed by atoms with Gasteiger partial charge in [-0.3, -0.25) is 4.79 Å². The van der Waals surface area contributed by atoms with Crippen LogP contribution in [0.4, 0.5) is 0 Å². The zero-order valence-electron chi connectivity index (χ0n) is 8.42. The van der Waals surface area contributed by atoms with Gasteiger partial charge in [-0.2, -0.15) is 0 Å². The van der Waals surface area contributed by atoms with Crippen LogP contribution in [0.5, 0.6) is 5.75 Å². The van der Waals surface area contributed by atoms with Crippen LogP contribution in [0.25, 0.3) is 0 Å². The first kappa shape index (κ1) is 11.8. The van der Waals surface area contributed by atoms with E-state index >= 15 is 0 Å². The number of rotatable bonds is 3. The highest BCUT2D eigenvalue weighted by molar-refractivity contribution is 9.09. The number of halogens is 1. The summed E-state index contributed by atoms with van der Waals surface area (Å²) in [6.45, 7) is 0. The molecule has 0 aliphatic carbocycles. The summed E-state index contributed by atoms with van der Waals surface area (Å²) in [4.78, 5) is 10.7. The molecule has 0 saturated heterocycles. The Morgan fingerprint density at radius 3 is 2.93 bits per heavy atom. The Balaban J connectivity index is 3.02. The minimum atomic E-state index is 0.595. The van der Waals surface area contributed by atoms with Gasteiger partial charge in [0.1, 0.15) is 5.75 Å². The lowest BCUT2D eigenvalue weighted by Gasteiger charge is -2.01. The Kier molecular flexibility index (Phi) is 4.92. The molecule has 0 bridgehead atoms. The van der Waals surface area contributed by atoms with Crippen LogP contribution in [0, 0.1) is 11.8 Å². The van der Waals surface area contributed by atoms with E-state index < -0.39 is 0 Å². The van der Waals surface area contributed by atoms with E-state index in [9.17, 15) is 4.79 Å². The molecule has 0 saturated carbocycles. The molecule has 0 aliphatic heterocycles. The number of methoxy groups -OCH3 is 1. The minimum absolute atomic E-state index is 0.595. The van der Waals surface area contributed by atoms with Crippen LogP contribution in [0.2, 0.25) is 0 Å². The summed E-state index contributed by atoms with van der Waals surface area (Å²) in [5.74, 6) is 6.63. The fourth-order valence-corrected chi connectivity index (χ4v) is 1.28. The van der Waals surface area contributed by atoms with E-state index in [0.717, 1.165) is 18.0 Å². The molecule has 2 nitrogen and oxygen atoms in total. The molecule has 1 aromatic carbocycles. The molecule has 1 aromatic rings. The van der Waals surface area contributed by atoms with Crippen molar-refractivity contribution >= 4 is 22.2 Å². The SMILES string of the molecule is COc1ccc(C=O)c(C#CCCBr)c1. The number of benzene rings is 1. The van der Waals surface area contributed by atoms with Crippen molar-refractivity contribution in [3.05, 3.63) is 29.3 Å². The van der Waals surface area contributed by atoms with Crippen LogP contribution in [0.1, 0.15) is 22.3 Å². The third-order valence-corrected chi connectivity index (χ3v) is 2.23. The lowest BCUT2D eigenvalue weighted by molar-refractivity contribution is 0.112. The standard InChI is InChI=1S/C12H11BrO2/c1-15-12-6-5-11(9-14)10(8-12)4-2-3-7-13/h5-6,8-9H,3,7H2,1H3. The fraction of sp³-hybridized carbons (Fsp3) is 0.250. The van der Waals surface area contributed by atoms with Crippen LogP contribution in [-0.2, 0) is 0 Å². The van der Waals surface area contributed by atoms with Crippen LogP contribution in [0.15, 0.2) is 18.2 Å². The van der Waals surface area contributed by atoms with Gasteiger partial charge in [0.25, 0.3) is 0 Å². The third-order valence-electron chi connectivity index (χ3n) is 1.83. The zero-order chi connectivity index (χ0) is 11.1. The predicted molar refractivity (Wildman–Crippen MR) is 63.7 cm³/mol. The second-order valence-electron chi connectivity index (χ2n) is 2.81. The van der Waals surface area contributed by atoms with Crippen molar-refractivity contribution in [2.24, 2.45) is 0 Å². The Bertz CT molecular complexity index is 402. The molecule has 0 N–H and O–H groups in total. The number of hydrogen-bond acceptors (Lipinski definition) is 2. The van der Waals surface area contributed by atoms with Gasteiger partial charge in [-0.1, -0.05) is 27.8 Å². The summed E-state index contributed by atoms with van der Waals surface area (Å²) in [5.41, 5.74) is 1.31. The van der Waals surface area contributed by atoms with Gasteiger partial charge in [-0.05, 0) is 18.2 Å². The number of aldehydes is 1. The molecule has 0 aliphatic rings. The van der Waals surface area contributed by atoms with Crippen molar-refractivity contribution in [1.82, 2.24) is 0 Å². The molecule has 78 valence electrons. The average molecular weight is 267 g/mol. The van der Waals surface area contributed by atoms with Crippen LogP contribution < -0.4 is 4.74 Å². The topological polar surface area (TPSA) is 26.3 Å². The normalized spacial score (nSPS) is 8.93. The van der Waals surface area contributed by atoms with Crippen LogP contribution in [-0.4, -0.2) is 18.7 Å². The second-order valence-corrected chi connectivity index (χ2v) is 3.60. The first-order valence-electron chi connectivity index (χ1n) is 4.50. The van der Waals surface area contributed by atoms with Gasteiger partial charge in [0.2, 0.25) is 0 Å². The van der Waals surface area contributed by atoms with Gasteiger partial charge < -0.3 is 4.74 Å². The summed E-state index contributed by atoms with van der Waals surface area (Å²) < 4.78 is 5.07. The smallest absolute Gasteiger partial charge is 0.151 e. The van der Waals surface area contributed by atoms with Gasteiger partial charge in [0, 0.05) is 22.9 Å². The molecule has 0 spiro atoms. The van der Waals surface area contributed by atoms with Crippen molar-refractivity contribution in [3.63, 3.8) is 0 Å². The van der Waals surface area contributed by atoms with Gasteiger partial charge in [0.15, 0.2) is 6.29 Å². The molecule has 0 radical (unpaired) electrons. The van der Waals surface area contributed by atoms with E-state index in [2.05, 4.69) is 27.8 Å². The van der Waals surface area contributed by atoms with E-state index in [-0.39, 0.29) is 0 Å². The molecular weight excluding hydrogens is 256 g/mol. The third kappa shape index (κ3) is 3.41. The second kappa shape index (κ2) is 6.26. The fourth-order valence-electron chi connectivity index (χ4n) is 1.08. The molecule has 15 heavy (non-hydrogen) atoms. The van der Waals surface area contributed by atoms with E-state index in [4.69, 9.17) is 4.74 Å². The van der Waals surface area contributed by atoms with Crippen molar-refractivity contribution in [1.29, 1.82) is 0 Å².